The smallest absolute Gasteiger partial charge is 0.241 e. The molecule has 3 unspecified atom stereocenters. The molecule has 9 nitrogen and oxygen atoms in total. The highest BCUT2D eigenvalue weighted by molar-refractivity contribution is 7.19. The minimum atomic E-state index is -0.249. The third-order valence-corrected chi connectivity index (χ3v) is 9.85. The lowest BCUT2D eigenvalue weighted by Crippen LogP contribution is -2.61. The molecule has 3 atom stereocenters. The topological polar surface area (TPSA) is 119 Å². The molecule has 1 saturated carbocycles. The van der Waals surface area contributed by atoms with E-state index >= 15 is 0 Å². The number of hydrogen-bond acceptors (Lipinski definition) is 8. The van der Waals surface area contributed by atoms with Crippen molar-refractivity contribution in [3.63, 3.8) is 0 Å². The first-order chi connectivity index (χ1) is 18.8. The van der Waals surface area contributed by atoms with E-state index in [-0.39, 0.29) is 58.8 Å². The van der Waals surface area contributed by atoms with Gasteiger partial charge in [-0.3, -0.25) is 29.2 Å². The molecule has 3 aliphatic rings. The summed E-state index contributed by atoms with van der Waals surface area (Å²) in [4.78, 5) is 52.6. The van der Waals surface area contributed by atoms with Crippen LogP contribution >= 0.6 is 11.3 Å². The minimum absolute atomic E-state index is 0.0956. The van der Waals surface area contributed by atoms with Crippen LogP contribution < -0.4 is 5.32 Å². The van der Waals surface area contributed by atoms with Gasteiger partial charge in [-0.15, -0.1) is 11.3 Å². The molecule has 0 spiro atoms. The Morgan fingerprint density at radius 3 is 2.50 bits per heavy atom. The number of aromatic nitrogens is 2. The van der Waals surface area contributed by atoms with Gasteiger partial charge in [0.05, 0.1) is 46.0 Å². The number of carbonyl (C=O) groups excluding carboxylic acids is 3. The van der Waals surface area contributed by atoms with E-state index in [0.29, 0.717) is 16.9 Å². The maximum absolute atomic E-state index is 13.4. The van der Waals surface area contributed by atoms with Crippen LogP contribution in [0.5, 0.6) is 0 Å². The maximum atomic E-state index is 13.4. The van der Waals surface area contributed by atoms with Gasteiger partial charge in [-0.1, -0.05) is 13.8 Å². The summed E-state index contributed by atoms with van der Waals surface area (Å²) in [5.74, 6) is -0.730. The lowest BCUT2D eigenvalue weighted by Gasteiger charge is -2.48. The number of likely N-dealkylation sites (tertiary alicyclic amines) is 2. The number of anilines is 1. The summed E-state index contributed by atoms with van der Waals surface area (Å²) in [6.07, 6.45) is 2.47. The summed E-state index contributed by atoms with van der Waals surface area (Å²) >= 11 is 1.47. The largest absolute Gasteiger partial charge is 0.323 e. The number of pyridine rings is 2. The predicted octanol–water partition coefficient (Wildman–Crippen LogP) is 4.49. The van der Waals surface area contributed by atoms with E-state index < -0.39 is 0 Å². The molecule has 3 amide bonds. The Balaban J connectivity index is 1.35. The quantitative estimate of drug-likeness (QED) is 0.460. The van der Waals surface area contributed by atoms with Gasteiger partial charge in [-0.05, 0) is 57.7 Å². The Kier molecular flexibility index (Phi) is 5.91. The standard InChI is InChI=1S/C30H32N6O3S/c1-15-24(34-26(37)21-8-10-36(21)29(2,3)4)19(11-16(13-31)33-15)18-7-9-32-20-12-17(40-25(18)20)14-35-27(38)22-23(28(35)39)30(22,5)6/h7,9,11-12,21-23H,8,10,14H2,1-6H3,(H,34,37). The van der Waals surface area contributed by atoms with E-state index in [1.807, 2.05) is 26.0 Å². The van der Waals surface area contributed by atoms with Gasteiger partial charge in [0, 0.05) is 34.3 Å². The fourth-order valence-corrected chi connectivity index (χ4v) is 7.49. The van der Waals surface area contributed by atoms with Crippen molar-refractivity contribution in [3.05, 3.63) is 40.7 Å². The van der Waals surface area contributed by atoms with Crippen molar-refractivity contribution < 1.29 is 14.4 Å². The van der Waals surface area contributed by atoms with Crippen molar-refractivity contribution in [1.82, 2.24) is 19.8 Å². The Hall–Kier alpha value is -3.68. The van der Waals surface area contributed by atoms with Gasteiger partial charge in [-0.2, -0.15) is 5.26 Å². The third kappa shape index (κ3) is 4.02. The van der Waals surface area contributed by atoms with E-state index in [9.17, 15) is 19.6 Å². The summed E-state index contributed by atoms with van der Waals surface area (Å²) < 4.78 is 0.854. The zero-order valence-corrected chi connectivity index (χ0v) is 24.3. The van der Waals surface area contributed by atoms with Crippen LogP contribution in [0.3, 0.4) is 0 Å². The number of thiophene rings is 1. The monoisotopic (exact) mass is 556 g/mol. The molecule has 0 aromatic carbocycles. The number of amides is 3. The van der Waals surface area contributed by atoms with Crippen molar-refractivity contribution >= 4 is 45.0 Å². The van der Waals surface area contributed by atoms with Crippen molar-refractivity contribution in [2.24, 2.45) is 17.3 Å². The van der Waals surface area contributed by atoms with E-state index in [1.54, 1.807) is 19.2 Å². The van der Waals surface area contributed by atoms with Gasteiger partial charge in [0.25, 0.3) is 0 Å². The highest BCUT2D eigenvalue weighted by Crippen LogP contribution is 2.63. The Morgan fingerprint density at radius 1 is 1.20 bits per heavy atom. The second-order valence-electron chi connectivity index (χ2n) is 12.6. The van der Waals surface area contributed by atoms with Gasteiger partial charge in [0.1, 0.15) is 11.8 Å². The highest BCUT2D eigenvalue weighted by Gasteiger charge is 2.72. The average Bonchev–Trinajstić information content (AvgIpc) is 3.08. The number of hydrogen-bond donors (Lipinski definition) is 1. The molecule has 3 aromatic heterocycles. The molecule has 6 rings (SSSR count). The number of nitrogens with one attached hydrogen (secondary N) is 1. The SMILES string of the molecule is Cc1nc(C#N)cc(-c2ccnc3cc(CN4C(=O)C5C(C4=O)C5(C)C)sc23)c1NC(=O)C1CCN1C(C)(C)C. The summed E-state index contributed by atoms with van der Waals surface area (Å²) in [6, 6.07) is 7.36. The second kappa shape index (κ2) is 8.91. The fourth-order valence-electron chi connectivity index (χ4n) is 6.36. The van der Waals surface area contributed by atoms with E-state index in [0.717, 1.165) is 33.6 Å². The Bertz CT molecular complexity index is 1620. The average molecular weight is 557 g/mol. The van der Waals surface area contributed by atoms with Crippen LogP contribution in [-0.2, 0) is 20.9 Å². The first-order valence-corrected chi connectivity index (χ1v) is 14.4. The van der Waals surface area contributed by atoms with Crippen LogP contribution in [0.4, 0.5) is 5.69 Å². The molecule has 0 bridgehead atoms. The molecule has 5 heterocycles. The van der Waals surface area contributed by atoms with Crippen LogP contribution in [0.1, 0.15) is 57.3 Å². The molecule has 1 aliphatic carbocycles. The minimum Gasteiger partial charge on any atom is -0.323 e. The number of imide groups is 1. The van der Waals surface area contributed by atoms with Gasteiger partial charge >= 0.3 is 0 Å². The van der Waals surface area contributed by atoms with Crippen LogP contribution in [0.2, 0.25) is 0 Å². The van der Waals surface area contributed by atoms with Crippen LogP contribution in [-0.4, -0.2) is 55.6 Å². The number of aryl methyl sites for hydroxylation is 1. The summed E-state index contributed by atoms with van der Waals surface area (Å²) in [7, 11) is 0. The number of piperidine rings is 1. The molecule has 3 fully saturated rings. The zero-order valence-electron chi connectivity index (χ0n) is 23.5. The summed E-state index contributed by atoms with van der Waals surface area (Å²) in [5.41, 5.74) is 3.23. The molecule has 2 saturated heterocycles. The lowest BCUT2D eigenvalue weighted by atomic mass is 9.92. The third-order valence-electron chi connectivity index (χ3n) is 8.71. The van der Waals surface area contributed by atoms with Crippen molar-refractivity contribution in [2.45, 2.75) is 66.1 Å². The van der Waals surface area contributed by atoms with Crippen molar-refractivity contribution in [3.8, 4) is 17.2 Å². The molecule has 206 valence electrons. The number of carbonyl (C=O) groups is 3. The first kappa shape index (κ1) is 26.5. The van der Waals surface area contributed by atoms with Crippen molar-refractivity contribution in [2.75, 3.05) is 11.9 Å². The summed E-state index contributed by atoms with van der Waals surface area (Å²) in [6.45, 7) is 13.1. The van der Waals surface area contributed by atoms with E-state index in [1.165, 1.54) is 16.2 Å². The number of rotatable bonds is 5. The van der Waals surface area contributed by atoms with Gasteiger partial charge in [-0.25, -0.2) is 4.98 Å². The zero-order chi connectivity index (χ0) is 28.7. The van der Waals surface area contributed by atoms with Gasteiger partial charge in [0.2, 0.25) is 17.7 Å². The second-order valence-corrected chi connectivity index (χ2v) is 13.7. The van der Waals surface area contributed by atoms with Crippen LogP contribution in [0.15, 0.2) is 24.4 Å². The lowest BCUT2D eigenvalue weighted by molar-refractivity contribution is -0.143. The van der Waals surface area contributed by atoms with E-state index in [2.05, 4.69) is 47.0 Å². The molecular weight excluding hydrogens is 524 g/mol. The summed E-state index contributed by atoms with van der Waals surface area (Å²) in [5, 5.41) is 12.8. The fraction of sp³-hybridized carbons (Fsp3) is 0.467. The number of nitriles is 1. The molecule has 2 aliphatic heterocycles. The predicted molar refractivity (Wildman–Crippen MR) is 152 cm³/mol. The maximum Gasteiger partial charge on any atom is 0.241 e. The van der Waals surface area contributed by atoms with Gasteiger partial charge in [0.15, 0.2) is 0 Å². The van der Waals surface area contributed by atoms with Crippen LogP contribution in [0, 0.1) is 35.5 Å². The molecule has 40 heavy (non-hydrogen) atoms. The molecule has 3 aromatic rings. The number of nitrogens with zero attached hydrogens (tertiary/aromatic N) is 5. The van der Waals surface area contributed by atoms with Crippen LogP contribution in [0.25, 0.3) is 21.3 Å². The molecule has 1 N–H and O–H groups in total. The molecule has 0 radical (unpaired) electrons. The van der Waals surface area contributed by atoms with Gasteiger partial charge < -0.3 is 5.32 Å². The highest BCUT2D eigenvalue weighted by atomic mass is 32.1. The Labute approximate surface area is 237 Å². The molecule has 10 heteroatoms. The Morgan fingerprint density at radius 2 is 1.90 bits per heavy atom. The molecular formula is C30H32N6O3S. The first-order valence-electron chi connectivity index (χ1n) is 13.5. The van der Waals surface area contributed by atoms with E-state index in [4.69, 9.17) is 0 Å². The normalized spacial score (nSPS) is 23.6. The van der Waals surface area contributed by atoms with Crippen molar-refractivity contribution in [1.29, 1.82) is 5.26 Å². The number of fused-ring (bicyclic) bond motifs is 2.